The van der Waals surface area contributed by atoms with Crippen LogP contribution < -0.4 is 11.1 Å². The first kappa shape index (κ1) is 12.3. The predicted octanol–water partition coefficient (Wildman–Crippen LogP) is 2.27. The summed E-state index contributed by atoms with van der Waals surface area (Å²) in [6.07, 6.45) is 0. The lowest BCUT2D eigenvalue weighted by atomic mass is 10.2. The molecule has 2 rings (SSSR count). The Morgan fingerprint density at radius 1 is 1.28 bits per heavy atom. The van der Waals surface area contributed by atoms with E-state index in [9.17, 15) is 4.79 Å². The molecule has 0 bridgehead atoms. The summed E-state index contributed by atoms with van der Waals surface area (Å²) in [6, 6.07) is 8.32. The quantitative estimate of drug-likeness (QED) is 0.870. The number of hydrogen-bond donors (Lipinski definition) is 2. The zero-order valence-electron chi connectivity index (χ0n) is 9.64. The minimum atomic E-state index is -0.354. The number of benzene rings is 1. The van der Waals surface area contributed by atoms with Gasteiger partial charge in [-0.15, -0.1) is 10.2 Å². The number of hydrogen-bond acceptors (Lipinski definition) is 4. The van der Waals surface area contributed by atoms with Crippen LogP contribution in [0.3, 0.4) is 0 Å². The molecule has 0 aliphatic rings. The molecule has 1 aromatic heterocycles. The molecule has 1 aromatic carbocycles. The Balaban J connectivity index is 2.21. The van der Waals surface area contributed by atoms with Crippen molar-refractivity contribution in [2.75, 3.05) is 11.1 Å². The van der Waals surface area contributed by atoms with Gasteiger partial charge in [-0.25, -0.2) is 0 Å². The summed E-state index contributed by atoms with van der Waals surface area (Å²) < 4.78 is 0. The van der Waals surface area contributed by atoms with Crippen LogP contribution >= 0.6 is 11.6 Å². The van der Waals surface area contributed by atoms with E-state index < -0.39 is 0 Å². The van der Waals surface area contributed by atoms with Gasteiger partial charge >= 0.3 is 0 Å². The Morgan fingerprint density at radius 2 is 2.06 bits per heavy atom. The molecule has 0 saturated heterocycles. The molecule has 0 unspecified atom stereocenters. The summed E-state index contributed by atoms with van der Waals surface area (Å²) in [5, 5.41) is 10.6. The van der Waals surface area contributed by atoms with E-state index in [2.05, 4.69) is 15.5 Å². The van der Waals surface area contributed by atoms with Crippen molar-refractivity contribution in [3.63, 3.8) is 0 Å². The molecule has 6 heteroatoms. The monoisotopic (exact) mass is 262 g/mol. The second-order valence-electron chi connectivity index (χ2n) is 3.71. The zero-order chi connectivity index (χ0) is 13.1. The van der Waals surface area contributed by atoms with Gasteiger partial charge in [0, 0.05) is 10.7 Å². The molecule has 1 heterocycles. The van der Waals surface area contributed by atoms with Gasteiger partial charge in [0.2, 0.25) is 0 Å². The summed E-state index contributed by atoms with van der Waals surface area (Å²) in [6.45, 7) is 1.83. The molecule has 0 saturated carbocycles. The van der Waals surface area contributed by atoms with Gasteiger partial charge in [-0.3, -0.25) is 4.79 Å². The molecule has 18 heavy (non-hydrogen) atoms. The van der Waals surface area contributed by atoms with Crippen molar-refractivity contribution in [2.24, 2.45) is 0 Å². The standard InChI is InChI=1S/C12H11ClN4O/c1-7-8(13)3-2-4-9(7)15-12(18)10-5-6-11(14)17-16-10/h2-6H,1H3,(H2,14,17)(H,15,18). The Hall–Kier alpha value is -2.14. The summed E-state index contributed by atoms with van der Waals surface area (Å²) in [5.41, 5.74) is 7.04. The summed E-state index contributed by atoms with van der Waals surface area (Å²) in [7, 11) is 0. The largest absolute Gasteiger partial charge is 0.382 e. The highest BCUT2D eigenvalue weighted by Crippen LogP contribution is 2.23. The number of amides is 1. The third kappa shape index (κ3) is 2.57. The molecule has 5 nitrogen and oxygen atoms in total. The fourth-order valence-corrected chi connectivity index (χ4v) is 1.57. The number of rotatable bonds is 2. The summed E-state index contributed by atoms with van der Waals surface area (Å²) in [4.78, 5) is 11.9. The zero-order valence-corrected chi connectivity index (χ0v) is 10.4. The summed E-state index contributed by atoms with van der Waals surface area (Å²) >= 11 is 5.97. The average Bonchev–Trinajstić information content (AvgIpc) is 2.36. The highest BCUT2D eigenvalue weighted by molar-refractivity contribution is 6.31. The summed E-state index contributed by atoms with van der Waals surface area (Å²) in [5.74, 6) is -0.0849. The van der Waals surface area contributed by atoms with Crippen molar-refractivity contribution in [3.05, 3.63) is 46.6 Å². The Kier molecular flexibility index (Phi) is 3.43. The molecule has 0 radical (unpaired) electrons. The van der Waals surface area contributed by atoms with Gasteiger partial charge in [-0.05, 0) is 36.8 Å². The number of anilines is 2. The van der Waals surface area contributed by atoms with E-state index in [0.29, 0.717) is 10.7 Å². The van der Waals surface area contributed by atoms with E-state index in [1.54, 1.807) is 18.2 Å². The number of aromatic nitrogens is 2. The first-order valence-corrected chi connectivity index (χ1v) is 5.61. The van der Waals surface area contributed by atoms with Gasteiger partial charge in [0.25, 0.3) is 5.91 Å². The minimum Gasteiger partial charge on any atom is -0.382 e. The number of nitrogens with two attached hydrogens (primary N) is 1. The molecule has 0 fully saturated rings. The maximum Gasteiger partial charge on any atom is 0.276 e. The number of nitrogens with zero attached hydrogens (tertiary/aromatic N) is 2. The number of carbonyl (C=O) groups excluding carboxylic acids is 1. The highest BCUT2D eigenvalue weighted by atomic mass is 35.5. The van der Waals surface area contributed by atoms with Gasteiger partial charge in [0.15, 0.2) is 5.69 Å². The van der Waals surface area contributed by atoms with Crippen LogP contribution in [0.2, 0.25) is 5.02 Å². The van der Waals surface area contributed by atoms with Gasteiger partial charge in [0.05, 0.1) is 0 Å². The van der Waals surface area contributed by atoms with Crippen LogP contribution in [0, 0.1) is 6.92 Å². The first-order chi connectivity index (χ1) is 8.58. The van der Waals surface area contributed by atoms with Crippen molar-refractivity contribution in [2.45, 2.75) is 6.92 Å². The van der Waals surface area contributed by atoms with Crippen molar-refractivity contribution in [1.82, 2.24) is 10.2 Å². The second kappa shape index (κ2) is 5.01. The third-order valence-corrected chi connectivity index (χ3v) is 2.84. The molecular weight excluding hydrogens is 252 g/mol. The van der Waals surface area contributed by atoms with E-state index >= 15 is 0 Å². The molecule has 0 aliphatic heterocycles. The van der Waals surface area contributed by atoms with Crippen LogP contribution in [0.5, 0.6) is 0 Å². The van der Waals surface area contributed by atoms with E-state index in [1.807, 2.05) is 6.92 Å². The molecule has 0 atom stereocenters. The number of halogens is 1. The smallest absolute Gasteiger partial charge is 0.276 e. The van der Waals surface area contributed by atoms with Crippen molar-refractivity contribution in [3.8, 4) is 0 Å². The normalized spacial score (nSPS) is 10.1. The molecule has 92 valence electrons. The van der Waals surface area contributed by atoms with Crippen LogP contribution in [-0.4, -0.2) is 16.1 Å². The third-order valence-electron chi connectivity index (χ3n) is 2.43. The van der Waals surface area contributed by atoms with E-state index in [1.165, 1.54) is 12.1 Å². The van der Waals surface area contributed by atoms with E-state index in [-0.39, 0.29) is 17.4 Å². The Morgan fingerprint density at radius 3 is 2.72 bits per heavy atom. The van der Waals surface area contributed by atoms with Gasteiger partial charge < -0.3 is 11.1 Å². The van der Waals surface area contributed by atoms with Gasteiger partial charge in [-0.2, -0.15) is 0 Å². The van der Waals surface area contributed by atoms with Crippen molar-refractivity contribution in [1.29, 1.82) is 0 Å². The lowest BCUT2D eigenvalue weighted by molar-refractivity contribution is 0.102. The SMILES string of the molecule is Cc1c(Cl)cccc1NC(=O)c1ccc(N)nn1. The molecule has 0 spiro atoms. The fourth-order valence-electron chi connectivity index (χ4n) is 1.39. The fraction of sp³-hybridized carbons (Fsp3) is 0.0833. The average molecular weight is 263 g/mol. The number of nitrogens with one attached hydrogen (secondary N) is 1. The van der Waals surface area contributed by atoms with E-state index in [4.69, 9.17) is 17.3 Å². The van der Waals surface area contributed by atoms with Crippen LogP contribution in [0.1, 0.15) is 16.1 Å². The van der Waals surface area contributed by atoms with Crippen LogP contribution in [0.15, 0.2) is 30.3 Å². The van der Waals surface area contributed by atoms with Crippen LogP contribution in [0.25, 0.3) is 0 Å². The van der Waals surface area contributed by atoms with Gasteiger partial charge in [-0.1, -0.05) is 17.7 Å². The molecule has 0 aliphatic carbocycles. The topological polar surface area (TPSA) is 80.9 Å². The highest BCUT2D eigenvalue weighted by Gasteiger charge is 2.10. The lowest BCUT2D eigenvalue weighted by Gasteiger charge is -2.08. The second-order valence-corrected chi connectivity index (χ2v) is 4.12. The number of carbonyl (C=O) groups is 1. The van der Waals surface area contributed by atoms with Gasteiger partial charge in [0.1, 0.15) is 5.82 Å². The Bertz CT molecular complexity index is 583. The predicted molar refractivity (Wildman–Crippen MR) is 70.6 cm³/mol. The first-order valence-electron chi connectivity index (χ1n) is 5.23. The lowest BCUT2D eigenvalue weighted by Crippen LogP contribution is -2.15. The maximum absolute atomic E-state index is 11.9. The molecular formula is C12H11ClN4O. The molecule has 1 amide bonds. The molecule has 2 aromatic rings. The van der Waals surface area contributed by atoms with Crippen molar-refractivity contribution >= 4 is 29.0 Å². The van der Waals surface area contributed by atoms with Crippen molar-refractivity contribution < 1.29 is 4.79 Å². The molecule has 3 N–H and O–H groups in total. The Labute approximate surface area is 109 Å². The minimum absolute atomic E-state index is 0.198. The van der Waals surface area contributed by atoms with Crippen LogP contribution in [0.4, 0.5) is 11.5 Å². The van der Waals surface area contributed by atoms with E-state index in [0.717, 1.165) is 5.56 Å². The number of nitrogen functional groups attached to an aromatic ring is 1. The van der Waals surface area contributed by atoms with Crippen LogP contribution in [-0.2, 0) is 0 Å². The maximum atomic E-state index is 11.9.